The predicted molar refractivity (Wildman–Crippen MR) is 122 cm³/mol. The Labute approximate surface area is 175 Å². The van der Waals surface area contributed by atoms with Gasteiger partial charge in [-0.3, -0.25) is 4.98 Å². The van der Waals surface area contributed by atoms with Gasteiger partial charge >= 0.3 is 0 Å². The minimum absolute atomic E-state index is 0.762. The molecule has 2 aromatic rings. The second kappa shape index (κ2) is 12.3. The molecule has 4 heteroatoms. The summed E-state index contributed by atoms with van der Waals surface area (Å²) in [4.78, 5) is 7.15. The van der Waals surface area contributed by atoms with E-state index in [9.17, 15) is 0 Å². The van der Waals surface area contributed by atoms with Gasteiger partial charge in [-0.2, -0.15) is 0 Å². The maximum atomic E-state index is 6.07. The third-order valence-electron chi connectivity index (χ3n) is 5.82. The van der Waals surface area contributed by atoms with Crippen molar-refractivity contribution in [3.05, 3.63) is 35.5 Å². The standard InChI is InChI=1S/C24H36ClN3/c25-22-12-13-24-21(18-22)19-23(20-27-24)26-14-8-5-3-1-2-4-6-9-15-28-16-10-7-11-17-28/h12-13,18-20,26H,1-11,14-17H2. The average Bonchev–Trinajstić information content (AvgIpc) is 2.72. The van der Waals surface area contributed by atoms with Crippen molar-refractivity contribution in [3.63, 3.8) is 0 Å². The molecule has 0 amide bonds. The number of halogens is 1. The van der Waals surface area contributed by atoms with Crippen LogP contribution in [0.3, 0.4) is 0 Å². The summed E-state index contributed by atoms with van der Waals surface area (Å²) in [5.41, 5.74) is 2.08. The number of nitrogens with one attached hydrogen (secondary N) is 1. The van der Waals surface area contributed by atoms with Crippen LogP contribution in [0.25, 0.3) is 10.9 Å². The molecule has 1 N–H and O–H groups in total. The van der Waals surface area contributed by atoms with Gasteiger partial charge < -0.3 is 10.2 Å². The number of benzene rings is 1. The zero-order valence-corrected chi connectivity index (χ0v) is 18.0. The van der Waals surface area contributed by atoms with Gasteiger partial charge in [0.2, 0.25) is 0 Å². The number of hydrogen-bond acceptors (Lipinski definition) is 3. The quantitative estimate of drug-likeness (QED) is 0.391. The van der Waals surface area contributed by atoms with Crippen molar-refractivity contribution in [3.8, 4) is 0 Å². The molecule has 0 unspecified atom stereocenters. The van der Waals surface area contributed by atoms with Crippen LogP contribution in [0.5, 0.6) is 0 Å². The van der Waals surface area contributed by atoms with E-state index in [1.54, 1.807) is 0 Å². The largest absolute Gasteiger partial charge is 0.384 e. The van der Waals surface area contributed by atoms with Gasteiger partial charge in [0.25, 0.3) is 0 Å². The number of anilines is 1. The van der Waals surface area contributed by atoms with Crippen molar-refractivity contribution in [2.24, 2.45) is 0 Å². The summed E-state index contributed by atoms with van der Waals surface area (Å²) in [6, 6.07) is 7.97. The van der Waals surface area contributed by atoms with Gasteiger partial charge in [0, 0.05) is 17.0 Å². The fraction of sp³-hybridized carbons (Fsp3) is 0.625. The third-order valence-corrected chi connectivity index (χ3v) is 6.06. The molecule has 0 saturated carbocycles. The molecule has 0 spiro atoms. The zero-order chi connectivity index (χ0) is 19.4. The highest BCUT2D eigenvalue weighted by Crippen LogP contribution is 2.20. The Balaban J connectivity index is 1.16. The van der Waals surface area contributed by atoms with Crippen LogP contribution in [0, 0.1) is 0 Å². The first kappa shape index (κ1) is 21.4. The second-order valence-corrected chi connectivity index (χ2v) is 8.65. The Bertz CT molecular complexity index is 697. The van der Waals surface area contributed by atoms with E-state index in [4.69, 9.17) is 11.6 Å². The molecular weight excluding hydrogens is 366 g/mol. The monoisotopic (exact) mass is 401 g/mol. The third kappa shape index (κ3) is 7.60. The summed E-state index contributed by atoms with van der Waals surface area (Å²) in [5.74, 6) is 0. The highest BCUT2D eigenvalue weighted by Gasteiger charge is 2.08. The molecule has 1 aliphatic rings. The molecule has 0 bridgehead atoms. The van der Waals surface area contributed by atoms with Crippen molar-refractivity contribution in [2.75, 3.05) is 31.5 Å². The van der Waals surface area contributed by atoms with Gasteiger partial charge in [-0.1, -0.05) is 56.5 Å². The number of nitrogens with zero attached hydrogens (tertiary/aromatic N) is 2. The molecule has 0 atom stereocenters. The maximum absolute atomic E-state index is 6.07. The van der Waals surface area contributed by atoms with E-state index < -0.39 is 0 Å². The van der Waals surface area contributed by atoms with E-state index in [1.807, 2.05) is 24.4 Å². The number of unbranched alkanes of at least 4 members (excludes halogenated alkanes) is 7. The number of fused-ring (bicyclic) bond motifs is 1. The van der Waals surface area contributed by atoms with E-state index in [0.717, 1.165) is 28.2 Å². The highest BCUT2D eigenvalue weighted by atomic mass is 35.5. The fourth-order valence-electron chi connectivity index (χ4n) is 4.14. The van der Waals surface area contributed by atoms with E-state index >= 15 is 0 Å². The Morgan fingerprint density at radius 3 is 2.36 bits per heavy atom. The molecule has 0 radical (unpaired) electrons. The molecule has 28 heavy (non-hydrogen) atoms. The molecule has 154 valence electrons. The number of hydrogen-bond donors (Lipinski definition) is 1. The molecule has 1 aromatic carbocycles. The lowest BCUT2D eigenvalue weighted by Crippen LogP contribution is -2.30. The molecule has 0 aliphatic carbocycles. The van der Waals surface area contributed by atoms with Gasteiger partial charge in [-0.05, 0) is 69.6 Å². The lowest BCUT2D eigenvalue weighted by molar-refractivity contribution is 0.224. The van der Waals surface area contributed by atoms with Gasteiger partial charge in [-0.15, -0.1) is 0 Å². The topological polar surface area (TPSA) is 28.2 Å². The van der Waals surface area contributed by atoms with Crippen molar-refractivity contribution in [1.82, 2.24) is 9.88 Å². The minimum atomic E-state index is 0.762. The molecule has 1 saturated heterocycles. The van der Waals surface area contributed by atoms with E-state index in [2.05, 4.69) is 21.3 Å². The Morgan fingerprint density at radius 1 is 0.857 bits per heavy atom. The molecule has 1 aliphatic heterocycles. The van der Waals surface area contributed by atoms with E-state index in [-0.39, 0.29) is 0 Å². The minimum Gasteiger partial charge on any atom is -0.384 e. The van der Waals surface area contributed by atoms with Crippen molar-refractivity contribution in [2.45, 2.75) is 70.6 Å². The fourth-order valence-corrected chi connectivity index (χ4v) is 4.32. The predicted octanol–water partition coefficient (Wildman–Crippen LogP) is 6.91. The number of rotatable bonds is 12. The number of aromatic nitrogens is 1. The Morgan fingerprint density at radius 2 is 1.57 bits per heavy atom. The summed E-state index contributed by atoms with van der Waals surface area (Å²) in [7, 11) is 0. The first-order chi connectivity index (χ1) is 13.8. The van der Waals surface area contributed by atoms with Crippen LogP contribution in [0.2, 0.25) is 5.02 Å². The van der Waals surface area contributed by atoms with Crippen LogP contribution >= 0.6 is 11.6 Å². The van der Waals surface area contributed by atoms with Crippen LogP contribution in [0.4, 0.5) is 5.69 Å². The zero-order valence-electron chi connectivity index (χ0n) is 17.3. The van der Waals surface area contributed by atoms with Crippen LogP contribution < -0.4 is 5.32 Å². The van der Waals surface area contributed by atoms with Crippen molar-refractivity contribution >= 4 is 28.2 Å². The van der Waals surface area contributed by atoms with E-state index in [0.29, 0.717) is 0 Å². The number of pyridine rings is 1. The summed E-state index contributed by atoms with van der Waals surface area (Å²) >= 11 is 6.07. The van der Waals surface area contributed by atoms with Crippen LogP contribution in [-0.2, 0) is 0 Å². The van der Waals surface area contributed by atoms with Gasteiger partial charge in [0.1, 0.15) is 0 Å². The molecular formula is C24H36ClN3. The molecule has 3 nitrogen and oxygen atoms in total. The summed E-state index contributed by atoms with van der Waals surface area (Å²) in [5, 5.41) is 5.35. The summed E-state index contributed by atoms with van der Waals surface area (Å²) < 4.78 is 0. The lowest BCUT2D eigenvalue weighted by Gasteiger charge is -2.26. The Kier molecular flexibility index (Phi) is 9.39. The van der Waals surface area contributed by atoms with Crippen molar-refractivity contribution < 1.29 is 0 Å². The molecule has 1 aromatic heterocycles. The first-order valence-electron chi connectivity index (χ1n) is 11.3. The number of likely N-dealkylation sites (tertiary alicyclic amines) is 1. The average molecular weight is 402 g/mol. The maximum Gasteiger partial charge on any atom is 0.0704 e. The van der Waals surface area contributed by atoms with Crippen LogP contribution in [-0.4, -0.2) is 36.1 Å². The molecule has 1 fully saturated rings. The summed E-state index contributed by atoms with van der Waals surface area (Å²) in [6.07, 6.45) is 17.1. The summed E-state index contributed by atoms with van der Waals surface area (Å²) in [6.45, 7) is 5.04. The van der Waals surface area contributed by atoms with Gasteiger partial charge in [-0.25, -0.2) is 0 Å². The SMILES string of the molecule is Clc1ccc2ncc(NCCCCCCCCCCN3CCCCC3)cc2c1. The Hall–Kier alpha value is -1.32. The number of piperidine rings is 1. The lowest BCUT2D eigenvalue weighted by atomic mass is 10.1. The van der Waals surface area contributed by atoms with E-state index in [1.165, 1.54) is 90.3 Å². The normalized spacial score (nSPS) is 15.2. The molecule has 3 rings (SSSR count). The van der Waals surface area contributed by atoms with Gasteiger partial charge in [0.05, 0.1) is 17.4 Å². The highest BCUT2D eigenvalue weighted by molar-refractivity contribution is 6.31. The van der Waals surface area contributed by atoms with Crippen LogP contribution in [0.1, 0.15) is 70.6 Å². The first-order valence-corrected chi connectivity index (χ1v) is 11.7. The van der Waals surface area contributed by atoms with Gasteiger partial charge in [0.15, 0.2) is 0 Å². The smallest absolute Gasteiger partial charge is 0.0704 e. The second-order valence-electron chi connectivity index (χ2n) is 8.22. The van der Waals surface area contributed by atoms with Crippen molar-refractivity contribution in [1.29, 1.82) is 0 Å². The van der Waals surface area contributed by atoms with Crippen LogP contribution in [0.15, 0.2) is 30.5 Å². The molecule has 2 heterocycles.